The topological polar surface area (TPSA) is 29.1 Å². The number of carbonyl (C=O) groups excluding carboxylic acids is 1. The van der Waals surface area contributed by atoms with Crippen LogP contribution in [0.25, 0.3) is 0 Å². The molecule has 0 unspecified atom stereocenters. The van der Waals surface area contributed by atoms with Gasteiger partial charge in [0, 0.05) is 15.0 Å². The van der Waals surface area contributed by atoms with Crippen LogP contribution in [0.2, 0.25) is 0 Å². The zero-order chi connectivity index (χ0) is 12.5. The highest BCUT2D eigenvalue weighted by atomic mass is 79.9. The Kier molecular flexibility index (Phi) is 3.22. The Morgan fingerprint density at radius 3 is 2.72 bits per heavy atom. The number of carbonyl (C=O) groups is 1. The number of aryl methyl sites for hydroxylation is 2. The van der Waals surface area contributed by atoms with Crippen LogP contribution in [0, 0.1) is 0 Å². The predicted molar refractivity (Wildman–Crippen MR) is 78.4 cm³/mol. The molecule has 2 aromatic rings. The largest absolute Gasteiger partial charge is 0.321 e. The van der Waals surface area contributed by atoms with Crippen molar-refractivity contribution < 1.29 is 4.79 Å². The van der Waals surface area contributed by atoms with Crippen molar-refractivity contribution >= 4 is 38.9 Å². The van der Waals surface area contributed by atoms with Crippen molar-refractivity contribution in [2.45, 2.75) is 19.3 Å². The predicted octanol–water partition coefficient (Wildman–Crippen LogP) is 4.25. The minimum atomic E-state index is -0.00303. The van der Waals surface area contributed by atoms with Crippen LogP contribution >= 0.6 is 27.3 Å². The summed E-state index contributed by atoms with van der Waals surface area (Å²) in [6.45, 7) is 0. The standard InChI is InChI=1S/C14H12BrNOS/c15-10-4-6-11(7-5-10)16-14(17)13-8-9-2-1-3-12(9)18-13/h4-8H,1-3H2,(H,16,17). The number of hydrogen-bond acceptors (Lipinski definition) is 2. The van der Waals surface area contributed by atoms with Gasteiger partial charge in [-0.3, -0.25) is 4.79 Å². The molecular formula is C14H12BrNOS. The lowest BCUT2D eigenvalue weighted by Gasteiger charge is -2.03. The van der Waals surface area contributed by atoms with Crippen LogP contribution in [-0.4, -0.2) is 5.91 Å². The highest BCUT2D eigenvalue weighted by Crippen LogP contribution is 2.31. The fourth-order valence-electron chi connectivity index (χ4n) is 2.17. The van der Waals surface area contributed by atoms with Gasteiger partial charge in [-0.25, -0.2) is 0 Å². The quantitative estimate of drug-likeness (QED) is 0.880. The van der Waals surface area contributed by atoms with Crippen molar-refractivity contribution in [3.63, 3.8) is 0 Å². The van der Waals surface area contributed by atoms with Crippen molar-refractivity contribution in [2.75, 3.05) is 5.32 Å². The van der Waals surface area contributed by atoms with Crippen LogP contribution in [0.3, 0.4) is 0 Å². The molecule has 1 aromatic carbocycles. The molecule has 1 aromatic heterocycles. The highest BCUT2D eigenvalue weighted by Gasteiger charge is 2.18. The van der Waals surface area contributed by atoms with Gasteiger partial charge in [0.15, 0.2) is 0 Å². The van der Waals surface area contributed by atoms with Crippen LogP contribution in [-0.2, 0) is 12.8 Å². The van der Waals surface area contributed by atoms with E-state index in [0.29, 0.717) is 0 Å². The maximum Gasteiger partial charge on any atom is 0.265 e. The fraction of sp³-hybridized carbons (Fsp3) is 0.214. The van der Waals surface area contributed by atoms with Crippen LogP contribution in [0.15, 0.2) is 34.8 Å². The third kappa shape index (κ3) is 2.35. The maximum atomic E-state index is 12.1. The van der Waals surface area contributed by atoms with Gasteiger partial charge in [0.05, 0.1) is 4.88 Å². The molecule has 1 N–H and O–H groups in total. The van der Waals surface area contributed by atoms with E-state index in [1.165, 1.54) is 16.9 Å². The van der Waals surface area contributed by atoms with E-state index in [0.717, 1.165) is 27.9 Å². The van der Waals surface area contributed by atoms with Gasteiger partial charge in [-0.15, -0.1) is 11.3 Å². The average Bonchev–Trinajstić information content (AvgIpc) is 2.92. The first-order chi connectivity index (χ1) is 8.72. The SMILES string of the molecule is O=C(Nc1ccc(Br)cc1)c1cc2c(s1)CCC2. The molecule has 0 saturated heterocycles. The fourth-order valence-corrected chi connectivity index (χ4v) is 3.58. The Bertz CT molecular complexity index is 567. The summed E-state index contributed by atoms with van der Waals surface area (Å²) < 4.78 is 1.01. The van der Waals surface area contributed by atoms with E-state index in [1.54, 1.807) is 11.3 Å². The number of rotatable bonds is 2. The zero-order valence-corrected chi connectivity index (χ0v) is 12.1. The van der Waals surface area contributed by atoms with Crippen molar-refractivity contribution in [3.8, 4) is 0 Å². The number of amides is 1. The number of anilines is 1. The summed E-state index contributed by atoms with van der Waals surface area (Å²) in [6, 6.07) is 9.67. The molecule has 92 valence electrons. The molecule has 18 heavy (non-hydrogen) atoms. The van der Waals surface area contributed by atoms with Crippen molar-refractivity contribution in [1.82, 2.24) is 0 Å². The summed E-state index contributed by atoms with van der Waals surface area (Å²) in [5.74, 6) is -0.00303. The second-order valence-electron chi connectivity index (χ2n) is 4.37. The molecular weight excluding hydrogens is 310 g/mol. The van der Waals surface area contributed by atoms with Crippen LogP contribution in [0.4, 0.5) is 5.69 Å². The Morgan fingerprint density at radius 2 is 2.00 bits per heavy atom. The molecule has 0 atom stereocenters. The van der Waals surface area contributed by atoms with E-state index in [2.05, 4.69) is 21.2 Å². The van der Waals surface area contributed by atoms with Gasteiger partial charge in [-0.1, -0.05) is 15.9 Å². The molecule has 2 nitrogen and oxygen atoms in total. The van der Waals surface area contributed by atoms with Crippen LogP contribution in [0.1, 0.15) is 26.5 Å². The van der Waals surface area contributed by atoms with E-state index in [9.17, 15) is 4.79 Å². The number of benzene rings is 1. The number of nitrogens with one attached hydrogen (secondary N) is 1. The summed E-state index contributed by atoms with van der Waals surface area (Å²) >= 11 is 5.01. The molecule has 0 bridgehead atoms. The monoisotopic (exact) mass is 321 g/mol. The molecule has 0 aliphatic heterocycles. The summed E-state index contributed by atoms with van der Waals surface area (Å²) in [7, 11) is 0. The van der Waals surface area contributed by atoms with Crippen molar-refractivity contribution in [2.24, 2.45) is 0 Å². The molecule has 1 aliphatic carbocycles. The third-order valence-electron chi connectivity index (χ3n) is 3.07. The average molecular weight is 322 g/mol. The zero-order valence-electron chi connectivity index (χ0n) is 9.70. The smallest absolute Gasteiger partial charge is 0.265 e. The number of thiophene rings is 1. The van der Waals surface area contributed by atoms with E-state index in [1.807, 2.05) is 30.3 Å². The molecule has 3 rings (SSSR count). The van der Waals surface area contributed by atoms with Crippen LogP contribution < -0.4 is 5.32 Å². The van der Waals surface area contributed by atoms with Gasteiger partial charge in [-0.05, 0) is 55.2 Å². The number of fused-ring (bicyclic) bond motifs is 1. The van der Waals surface area contributed by atoms with Crippen molar-refractivity contribution in [1.29, 1.82) is 0 Å². The first-order valence-corrected chi connectivity index (χ1v) is 7.52. The summed E-state index contributed by atoms with van der Waals surface area (Å²) in [6.07, 6.45) is 3.48. The lowest BCUT2D eigenvalue weighted by atomic mass is 10.2. The number of halogens is 1. The van der Waals surface area contributed by atoms with Gasteiger partial charge in [0.25, 0.3) is 5.91 Å². The summed E-state index contributed by atoms with van der Waals surface area (Å²) in [4.78, 5) is 14.3. The molecule has 1 amide bonds. The van der Waals surface area contributed by atoms with Gasteiger partial charge in [-0.2, -0.15) is 0 Å². The molecule has 0 radical (unpaired) electrons. The normalized spacial score (nSPS) is 13.4. The lowest BCUT2D eigenvalue weighted by molar-refractivity contribution is 0.103. The molecule has 0 saturated carbocycles. The van der Waals surface area contributed by atoms with E-state index in [-0.39, 0.29) is 5.91 Å². The van der Waals surface area contributed by atoms with E-state index in [4.69, 9.17) is 0 Å². The van der Waals surface area contributed by atoms with Crippen LogP contribution in [0.5, 0.6) is 0 Å². The minimum absolute atomic E-state index is 0.00303. The summed E-state index contributed by atoms with van der Waals surface area (Å²) in [5.41, 5.74) is 2.19. The lowest BCUT2D eigenvalue weighted by Crippen LogP contribution is -2.09. The van der Waals surface area contributed by atoms with Gasteiger partial charge >= 0.3 is 0 Å². The maximum absolute atomic E-state index is 12.1. The first kappa shape index (κ1) is 11.9. The second-order valence-corrected chi connectivity index (χ2v) is 6.43. The number of hydrogen-bond donors (Lipinski definition) is 1. The highest BCUT2D eigenvalue weighted by molar-refractivity contribution is 9.10. The molecule has 0 spiro atoms. The Labute approximate surface area is 118 Å². The third-order valence-corrected chi connectivity index (χ3v) is 4.84. The second kappa shape index (κ2) is 4.86. The molecule has 1 heterocycles. The summed E-state index contributed by atoms with van der Waals surface area (Å²) in [5, 5.41) is 2.92. The van der Waals surface area contributed by atoms with Gasteiger partial charge < -0.3 is 5.32 Å². The van der Waals surface area contributed by atoms with E-state index >= 15 is 0 Å². The Morgan fingerprint density at radius 1 is 1.22 bits per heavy atom. The molecule has 0 fully saturated rings. The van der Waals surface area contributed by atoms with Crippen molar-refractivity contribution in [3.05, 3.63) is 50.1 Å². The Hall–Kier alpha value is -1.13. The molecule has 4 heteroatoms. The first-order valence-electron chi connectivity index (χ1n) is 5.91. The minimum Gasteiger partial charge on any atom is -0.321 e. The van der Waals surface area contributed by atoms with E-state index < -0.39 is 0 Å². The van der Waals surface area contributed by atoms with Gasteiger partial charge in [0.1, 0.15) is 0 Å². The van der Waals surface area contributed by atoms with Gasteiger partial charge in [0.2, 0.25) is 0 Å². The Balaban J connectivity index is 1.76. The molecule has 1 aliphatic rings.